The first kappa shape index (κ1) is 22.6. The minimum atomic E-state index is -4.90. The molecule has 1 aliphatic rings. The third kappa shape index (κ3) is 4.93. The Labute approximate surface area is 182 Å². The van der Waals surface area contributed by atoms with E-state index in [-0.39, 0.29) is 5.69 Å². The Kier molecular flexibility index (Phi) is 5.54. The predicted molar refractivity (Wildman–Crippen MR) is 99.8 cm³/mol. The highest BCUT2D eigenvalue weighted by Gasteiger charge is 2.36. The van der Waals surface area contributed by atoms with Crippen LogP contribution in [0.2, 0.25) is 0 Å². The highest BCUT2D eigenvalue weighted by atomic mass is 19.4. The zero-order valence-corrected chi connectivity index (χ0v) is 16.9. The lowest BCUT2D eigenvalue weighted by Crippen LogP contribution is -2.33. The van der Waals surface area contributed by atoms with Crippen LogP contribution in [0.25, 0.3) is 11.3 Å². The van der Waals surface area contributed by atoms with Crippen molar-refractivity contribution in [3.8, 4) is 17.1 Å². The van der Waals surface area contributed by atoms with Gasteiger partial charge in [0.25, 0.3) is 5.91 Å². The number of halogens is 6. The maximum atomic E-state index is 12.9. The smallest absolute Gasteiger partial charge is 0.388 e. The SMILES string of the molecule is Cn1nc(C(F)(F)F)cc1C(=O)N[C@@H]1CCCn2nc(-c3ccnc(OC(F)(F)F)c3)cc21. The number of carbonyl (C=O) groups is 1. The molecule has 0 unspecified atom stereocenters. The summed E-state index contributed by atoms with van der Waals surface area (Å²) in [6, 6.07) is 4.24. The molecular formula is C19H16F6N6O2. The zero-order valence-electron chi connectivity index (χ0n) is 16.9. The molecule has 1 amide bonds. The van der Waals surface area contributed by atoms with Gasteiger partial charge in [0.15, 0.2) is 5.69 Å². The Morgan fingerprint density at radius 2 is 1.91 bits per heavy atom. The minimum Gasteiger partial charge on any atom is -0.388 e. The maximum Gasteiger partial charge on any atom is 0.574 e. The second-order valence-electron chi connectivity index (χ2n) is 7.31. The quantitative estimate of drug-likeness (QED) is 0.581. The number of aryl methyl sites for hydroxylation is 2. The van der Waals surface area contributed by atoms with Gasteiger partial charge in [-0.3, -0.25) is 14.2 Å². The summed E-state index contributed by atoms with van der Waals surface area (Å²) in [5.41, 5.74) is -0.223. The van der Waals surface area contributed by atoms with Crippen LogP contribution in [0.3, 0.4) is 0 Å². The molecular weight excluding hydrogens is 458 g/mol. The van der Waals surface area contributed by atoms with Crippen LogP contribution in [0.1, 0.15) is 40.8 Å². The second kappa shape index (κ2) is 8.08. The fourth-order valence-corrected chi connectivity index (χ4v) is 3.56. The summed E-state index contributed by atoms with van der Waals surface area (Å²) in [4.78, 5) is 16.2. The van der Waals surface area contributed by atoms with Crippen LogP contribution < -0.4 is 10.1 Å². The molecule has 4 heterocycles. The number of rotatable bonds is 4. The van der Waals surface area contributed by atoms with Crippen molar-refractivity contribution in [2.24, 2.45) is 7.05 Å². The van der Waals surface area contributed by atoms with E-state index in [0.717, 1.165) is 16.9 Å². The Bertz CT molecular complexity index is 1180. The van der Waals surface area contributed by atoms with Crippen molar-refractivity contribution in [3.05, 3.63) is 47.5 Å². The van der Waals surface area contributed by atoms with Gasteiger partial charge in [-0.25, -0.2) is 4.98 Å². The number of nitrogens with zero attached hydrogens (tertiary/aromatic N) is 5. The van der Waals surface area contributed by atoms with Crippen molar-refractivity contribution in [1.82, 2.24) is 29.9 Å². The Morgan fingerprint density at radius 3 is 2.58 bits per heavy atom. The third-order valence-electron chi connectivity index (χ3n) is 4.99. The van der Waals surface area contributed by atoms with E-state index in [2.05, 4.69) is 25.2 Å². The summed E-state index contributed by atoms with van der Waals surface area (Å²) < 4.78 is 82.4. The fraction of sp³-hybridized carbons (Fsp3) is 0.368. The van der Waals surface area contributed by atoms with E-state index in [1.165, 1.54) is 13.1 Å². The van der Waals surface area contributed by atoms with Gasteiger partial charge in [0.1, 0.15) is 5.69 Å². The molecule has 0 spiro atoms. The standard InChI is InChI=1S/C19H16F6N6O2/c1-30-14(9-15(29-30)18(20,21)22)17(32)27-11-3-2-6-31-13(11)8-12(28-31)10-4-5-26-16(7-10)33-19(23,24)25/h4-5,7-9,11H,2-3,6H2,1H3,(H,27,32)/t11-/m1/s1. The van der Waals surface area contributed by atoms with Gasteiger partial charge in [-0.1, -0.05) is 0 Å². The molecule has 0 radical (unpaired) electrons. The van der Waals surface area contributed by atoms with Crippen LogP contribution >= 0.6 is 0 Å². The first-order valence-corrected chi connectivity index (χ1v) is 9.63. The number of ether oxygens (including phenoxy) is 1. The number of carbonyl (C=O) groups excluding carboxylic acids is 1. The molecule has 1 aliphatic heterocycles. The molecule has 1 atom stereocenters. The van der Waals surface area contributed by atoms with E-state index >= 15 is 0 Å². The van der Waals surface area contributed by atoms with Crippen LogP contribution in [0.5, 0.6) is 5.88 Å². The van der Waals surface area contributed by atoms with E-state index in [1.807, 2.05) is 0 Å². The number of fused-ring (bicyclic) bond motifs is 1. The van der Waals surface area contributed by atoms with Gasteiger partial charge < -0.3 is 10.1 Å². The number of aromatic nitrogens is 5. The Morgan fingerprint density at radius 1 is 1.15 bits per heavy atom. The number of hydrogen-bond donors (Lipinski definition) is 1. The topological polar surface area (TPSA) is 86.9 Å². The summed E-state index contributed by atoms with van der Waals surface area (Å²) in [7, 11) is 1.23. The molecule has 8 nitrogen and oxygen atoms in total. The van der Waals surface area contributed by atoms with Crippen LogP contribution in [0.4, 0.5) is 26.3 Å². The summed E-state index contributed by atoms with van der Waals surface area (Å²) in [6.07, 6.45) is -7.31. The molecule has 3 aromatic rings. The zero-order chi connectivity index (χ0) is 24.0. The monoisotopic (exact) mass is 474 g/mol. The highest BCUT2D eigenvalue weighted by molar-refractivity contribution is 5.93. The average Bonchev–Trinajstić information content (AvgIpc) is 3.31. The van der Waals surface area contributed by atoms with Crippen molar-refractivity contribution in [2.75, 3.05) is 0 Å². The van der Waals surface area contributed by atoms with E-state index < -0.39 is 36.1 Å². The lowest BCUT2D eigenvalue weighted by molar-refractivity contribution is -0.276. The van der Waals surface area contributed by atoms with Gasteiger partial charge in [0, 0.05) is 37.5 Å². The number of pyridine rings is 1. The van der Waals surface area contributed by atoms with E-state index in [4.69, 9.17) is 0 Å². The molecule has 176 valence electrons. The fourth-order valence-electron chi connectivity index (χ4n) is 3.56. The van der Waals surface area contributed by atoms with Crippen molar-refractivity contribution < 1.29 is 35.9 Å². The second-order valence-corrected chi connectivity index (χ2v) is 7.31. The highest BCUT2D eigenvalue weighted by Crippen LogP contribution is 2.32. The maximum absolute atomic E-state index is 12.9. The third-order valence-corrected chi connectivity index (χ3v) is 4.99. The molecule has 1 N–H and O–H groups in total. The number of hydrogen-bond acceptors (Lipinski definition) is 5. The first-order chi connectivity index (χ1) is 15.4. The molecule has 14 heteroatoms. The summed E-state index contributed by atoms with van der Waals surface area (Å²) >= 11 is 0. The van der Waals surface area contributed by atoms with Crippen molar-refractivity contribution in [1.29, 1.82) is 0 Å². The van der Waals surface area contributed by atoms with Gasteiger partial charge in [0.05, 0.1) is 17.4 Å². The van der Waals surface area contributed by atoms with Crippen molar-refractivity contribution >= 4 is 5.91 Å². The molecule has 3 aromatic heterocycles. The van der Waals surface area contributed by atoms with Gasteiger partial charge in [-0.05, 0) is 25.0 Å². The van der Waals surface area contributed by atoms with E-state index in [1.54, 1.807) is 10.7 Å². The van der Waals surface area contributed by atoms with Crippen molar-refractivity contribution in [3.63, 3.8) is 0 Å². The summed E-state index contributed by atoms with van der Waals surface area (Å²) in [6.45, 7) is 0.503. The molecule has 4 rings (SSSR count). The molecule has 0 saturated heterocycles. The number of amides is 1. The lowest BCUT2D eigenvalue weighted by atomic mass is 10.0. The molecule has 0 saturated carbocycles. The molecule has 33 heavy (non-hydrogen) atoms. The normalized spacial score (nSPS) is 16.4. The van der Waals surface area contributed by atoms with E-state index in [0.29, 0.717) is 42.4 Å². The molecule has 0 bridgehead atoms. The largest absolute Gasteiger partial charge is 0.574 e. The number of alkyl halides is 6. The Hall–Kier alpha value is -3.58. The van der Waals surface area contributed by atoms with E-state index in [9.17, 15) is 31.1 Å². The average molecular weight is 474 g/mol. The summed E-state index contributed by atoms with van der Waals surface area (Å²) in [5.74, 6) is -1.39. The first-order valence-electron chi connectivity index (χ1n) is 9.63. The van der Waals surface area contributed by atoms with Gasteiger partial charge in [0.2, 0.25) is 5.88 Å². The lowest BCUT2D eigenvalue weighted by Gasteiger charge is -2.24. The summed E-state index contributed by atoms with van der Waals surface area (Å²) in [5, 5.41) is 10.4. The predicted octanol–water partition coefficient (Wildman–Crippen LogP) is 3.86. The molecule has 0 aromatic carbocycles. The van der Waals surface area contributed by atoms with Crippen LogP contribution in [0.15, 0.2) is 30.5 Å². The van der Waals surface area contributed by atoms with Crippen LogP contribution in [-0.2, 0) is 19.8 Å². The molecule has 0 fully saturated rings. The van der Waals surface area contributed by atoms with Gasteiger partial charge in [-0.2, -0.15) is 23.4 Å². The van der Waals surface area contributed by atoms with Crippen LogP contribution in [-0.4, -0.2) is 36.8 Å². The molecule has 0 aliphatic carbocycles. The van der Waals surface area contributed by atoms with Gasteiger partial charge >= 0.3 is 12.5 Å². The Balaban J connectivity index is 1.57. The number of nitrogens with one attached hydrogen (secondary N) is 1. The van der Waals surface area contributed by atoms with Crippen LogP contribution in [0, 0.1) is 0 Å². The van der Waals surface area contributed by atoms with Crippen molar-refractivity contribution in [2.45, 2.75) is 38.0 Å². The minimum absolute atomic E-state index is 0.262. The van der Waals surface area contributed by atoms with Gasteiger partial charge in [-0.15, -0.1) is 13.2 Å².